The quantitative estimate of drug-likeness (QED) is 0.350. The maximum absolute atomic E-state index is 6.58. The van der Waals surface area contributed by atoms with Crippen molar-refractivity contribution in [3.63, 3.8) is 0 Å². The number of benzene rings is 3. The molecule has 3 aromatic carbocycles. The van der Waals surface area contributed by atoms with E-state index in [0.717, 1.165) is 49.3 Å². The molecule has 0 bridgehead atoms. The van der Waals surface area contributed by atoms with Crippen LogP contribution in [-0.2, 0) is 0 Å². The number of hydrogen-bond acceptors (Lipinski definition) is 6. The Morgan fingerprint density at radius 1 is 0.939 bits per heavy atom. The molecule has 2 aliphatic heterocycles. The van der Waals surface area contributed by atoms with Crippen molar-refractivity contribution in [3.8, 4) is 23.0 Å². The molecule has 0 saturated heterocycles. The van der Waals surface area contributed by atoms with Crippen LogP contribution in [0.2, 0.25) is 0 Å². The van der Waals surface area contributed by atoms with Gasteiger partial charge in [0, 0.05) is 16.5 Å². The van der Waals surface area contributed by atoms with E-state index in [9.17, 15) is 0 Å². The second kappa shape index (κ2) is 8.91. The van der Waals surface area contributed by atoms with E-state index in [1.165, 1.54) is 0 Å². The topological polar surface area (TPSA) is 52.5 Å². The zero-order valence-corrected chi connectivity index (χ0v) is 21.5. The average molecular weight is 574 g/mol. The molecule has 33 heavy (non-hydrogen) atoms. The molecule has 0 aromatic heterocycles. The second-order valence-electron chi connectivity index (χ2n) is 7.73. The molecule has 0 N–H and O–H groups in total. The minimum Gasteiger partial charge on any atom is -0.497 e. The third-order valence-electron chi connectivity index (χ3n) is 5.93. The van der Waals surface area contributed by atoms with Crippen LogP contribution in [0.4, 0.5) is 0 Å². The van der Waals surface area contributed by atoms with E-state index in [-0.39, 0.29) is 6.04 Å². The zero-order chi connectivity index (χ0) is 23.1. The largest absolute Gasteiger partial charge is 0.497 e. The smallest absolute Gasteiger partial charge is 0.217 e. The predicted molar refractivity (Wildman–Crippen MR) is 133 cm³/mol. The van der Waals surface area contributed by atoms with Gasteiger partial charge in [0.15, 0.2) is 11.5 Å². The lowest BCUT2D eigenvalue weighted by molar-refractivity contribution is -0.0212. The SMILES string of the molecule is COc1ccc(C2=NN3C(C2)c2cc(Br)cc(Br)c2OC3c2cccc(OC)c2OC)cc1. The lowest BCUT2D eigenvalue weighted by Crippen LogP contribution is -2.34. The Bertz CT molecular complexity index is 1230. The molecule has 2 unspecified atom stereocenters. The summed E-state index contributed by atoms with van der Waals surface area (Å²) in [5.41, 5.74) is 3.96. The molecule has 170 valence electrons. The maximum Gasteiger partial charge on any atom is 0.217 e. The van der Waals surface area contributed by atoms with Crippen molar-refractivity contribution in [2.45, 2.75) is 18.7 Å². The highest BCUT2D eigenvalue weighted by Crippen LogP contribution is 2.52. The number of rotatable bonds is 5. The lowest BCUT2D eigenvalue weighted by Gasteiger charge is -2.39. The summed E-state index contributed by atoms with van der Waals surface area (Å²) in [5.74, 6) is 2.90. The number of methoxy groups -OCH3 is 3. The first-order chi connectivity index (χ1) is 16.0. The summed E-state index contributed by atoms with van der Waals surface area (Å²) in [4.78, 5) is 0. The molecule has 2 heterocycles. The van der Waals surface area contributed by atoms with Crippen molar-refractivity contribution < 1.29 is 18.9 Å². The molecule has 0 spiro atoms. The number of hydrogen-bond donors (Lipinski definition) is 0. The fourth-order valence-electron chi connectivity index (χ4n) is 4.38. The van der Waals surface area contributed by atoms with E-state index in [0.29, 0.717) is 11.5 Å². The standard InChI is InChI=1S/C25H22Br2N2O4/c1-30-16-9-7-14(8-10-16)20-13-21-18-11-15(26)12-19(27)23(18)33-25(29(21)28-20)17-5-4-6-22(31-2)24(17)32-3/h4-12,21,25H,13H2,1-3H3. The van der Waals surface area contributed by atoms with E-state index < -0.39 is 6.23 Å². The number of hydrazone groups is 1. The van der Waals surface area contributed by atoms with E-state index in [4.69, 9.17) is 24.0 Å². The van der Waals surface area contributed by atoms with Crippen LogP contribution in [-0.4, -0.2) is 32.0 Å². The van der Waals surface area contributed by atoms with Crippen molar-refractivity contribution in [1.82, 2.24) is 5.01 Å². The highest BCUT2D eigenvalue weighted by molar-refractivity contribution is 9.11. The monoisotopic (exact) mass is 572 g/mol. The number of ether oxygens (including phenoxy) is 4. The minimum absolute atomic E-state index is 0.000517. The van der Waals surface area contributed by atoms with Crippen molar-refractivity contribution in [3.05, 3.63) is 80.2 Å². The Kier molecular flexibility index (Phi) is 5.97. The average Bonchev–Trinajstić information content (AvgIpc) is 3.29. The van der Waals surface area contributed by atoms with E-state index in [1.807, 2.05) is 53.5 Å². The van der Waals surface area contributed by atoms with Gasteiger partial charge in [0.2, 0.25) is 6.23 Å². The Morgan fingerprint density at radius 2 is 1.73 bits per heavy atom. The molecule has 3 aromatic rings. The van der Waals surface area contributed by atoms with Crippen LogP contribution < -0.4 is 18.9 Å². The lowest BCUT2D eigenvalue weighted by atomic mass is 9.95. The van der Waals surface area contributed by atoms with E-state index >= 15 is 0 Å². The summed E-state index contributed by atoms with van der Waals surface area (Å²) in [6.07, 6.45) is 0.259. The highest BCUT2D eigenvalue weighted by atomic mass is 79.9. The first-order valence-corrected chi connectivity index (χ1v) is 12.0. The van der Waals surface area contributed by atoms with Gasteiger partial charge in [-0.3, -0.25) is 0 Å². The Morgan fingerprint density at radius 3 is 2.42 bits per heavy atom. The number of halogens is 2. The van der Waals surface area contributed by atoms with Crippen LogP contribution >= 0.6 is 31.9 Å². The zero-order valence-electron chi connectivity index (χ0n) is 18.3. The maximum atomic E-state index is 6.58. The van der Waals surface area contributed by atoms with Crippen LogP contribution in [0, 0.1) is 0 Å². The highest BCUT2D eigenvalue weighted by Gasteiger charge is 2.43. The summed E-state index contributed by atoms with van der Waals surface area (Å²) in [5, 5.41) is 7.07. The van der Waals surface area contributed by atoms with Crippen LogP contribution in [0.15, 0.2) is 68.6 Å². The molecule has 0 fully saturated rings. The van der Waals surface area contributed by atoms with Crippen molar-refractivity contribution in [2.75, 3.05) is 21.3 Å². The first-order valence-electron chi connectivity index (χ1n) is 10.4. The van der Waals surface area contributed by atoms with Crippen LogP contribution in [0.1, 0.15) is 35.4 Å². The van der Waals surface area contributed by atoms with E-state index in [2.05, 4.69) is 37.9 Å². The Labute approximate surface area is 209 Å². The number of fused-ring (bicyclic) bond motifs is 3. The minimum atomic E-state index is -0.485. The fraction of sp³-hybridized carbons (Fsp3) is 0.240. The summed E-state index contributed by atoms with van der Waals surface area (Å²) in [7, 11) is 4.93. The van der Waals surface area contributed by atoms with Crippen LogP contribution in [0.25, 0.3) is 0 Å². The van der Waals surface area contributed by atoms with Gasteiger partial charge < -0.3 is 18.9 Å². The van der Waals surface area contributed by atoms with Gasteiger partial charge in [-0.05, 0) is 70.0 Å². The van der Waals surface area contributed by atoms with Gasteiger partial charge in [0.1, 0.15) is 11.5 Å². The predicted octanol–water partition coefficient (Wildman–Crippen LogP) is 6.48. The molecule has 0 aliphatic carbocycles. The molecule has 8 heteroatoms. The van der Waals surface area contributed by atoms with Crippen LogP contribution in [0.3, 0.4) is 0 Å². The molecule has 0 saturated carbocycles. The van der Waals surface area contributed by atoms with Gasteiger partial charge in [-0.25, -0.2) is 5.01 Å². The number of para-hydroxylation sites is 1. The van der Waals surface area contributed by atoms with Gasteiger partial charge in [0.05, 0.1) is 43.1 Å². The fourth-order valence-corrected chi connectivity index (χ4v) is 5.74. The van der Waals surface area contributed by atoms with Gasteiger partial charge in [0.25, 0.3) is 0 Å². The molecule has 6 nitrogen and oxygen atoms in total. The third-order valence-corrected chi connectivity index (χ3v) is 6.98. The molecular weight excluding hydrogens is 552 g/mol. The van der Waals surface area contributed by atoms with Crippen LogP contribution in [0.5, 0.6) is 23.0 Å². The summed E-state index contributed by atoms with van der Waals surface area (Å²) in [6, 6.07) is 17.9. The summed E-state index contributed by atoms with van der Waals surface area (Å²) >= 11 is 7.31. The molecule has 0 amide bonds. The van der Waals surface area contributed by atoms with Gasteiger partial charge in [-0.1, -0.05) is 22.0 Å². The third kappa shape index (κ3) is 3.85. The Balaban J connectivity index is 1.64. The summed E-state index contributed by atoms with van der Waals surface area (Å²) < 4.78 is 25.0. The number of nitrogens with zero attached hydrogens (tertiary/aromatic N) is 2. The van der Waals surface area contributed by atoms with Crippen molar-refractivity contribution in [2.24, 2.45) is 5.10 Å². The van der Waals surface area contributed by atoms with Gasteiger partial charge >= 0.3 is 0 Å². The Hall–Kier alpha value is -2.71. The van der Waals surface area contributed by atoms with Crippen molar-refractivity contribution in [1.29, 1.82) is 0 Å². The second-order valence-corrected chi connectivity index (χ2v) is 9.50. The first kappa shape index (κ1) is 22.1. The van der Waals surface area contributed by atoms with Crippen molar-refractivity contribution >= 4 is 37.6 Å². The van der Waals surface area contributed by atoms with E-state index in [1.54, 1.807) is 21.3 Å². The molecule has 0 radical (unpaired) electrons. The normalized spacial score (nSPS) is 18.7. The van der Waals surface area contributed by atoms with Gasteiger partial charge in [-0.2, -0.15) is 5.10 Å². The van der Waals surface area contributed by atoms with Gasteiger partial charge in [-0.15, -0.1) is 0 Å². The molecule has 5 rings (SSSR count). The molecule has 2 aliphatic rings. The molecular formula is C25H22Br2N2O4. The summed E-state index contributed by atoms with van der Waals surface area (Å²) in [6.45, 7) is 0. The molecule has 2 atom stereocenters.